The van der Waals surface area contributed by atoms with Gasteiger partial charge >= 0.3 is 0 Å². The summed E-state index contributed by atoms with van der Waals surface area (Å²) in [5, 5.41) is 39.9. The quantitative estimate of drug-likeness (QED) is 0.193. The molecule has 1 aliphatic rings. The largest absolute Gasteiger partial charge is 0.394 e. The summed E-state index contributed by atoms with van der Waals surface area (Å²) in [5.41, 5.74) is 16.3. The molecule has 1 heterocycles. The summed E-state index contributed by atoms with van der Waals surface area (Å²) in [5.74, 6) is -1.55. The van der Waals surface area contributed by atoms with Crippen LogP contribution < -0.4 is 10.6 Å². The highest BCUT2D eigenvalue weighted by Crippen LogP contribution is 2.20. The summed E-state index contributed by atoms with van der Waals surface area (Å²) in [6.45, 7) is -1.75. The number of carbonyl (C=O) groups excluding carboxylic acids is 2. The lowest BCUT2D eigenvalue weighted by atomic mass is 9.94. The standard InChI is InChI=1S/C10H16N8O6/c11-17-13-1-5(20)15-7-4(3-19)24-10(23)8(9(7)22)16-6(21)2-14-18-12/h4,7-10,19,22-23H,1-3H2,(H,15,20)(H,16,21)/t4-,7-,8+,9-,10?/m0/s1. The van der Waals surface area contributed by atoms with Gasteiger partial charge in [-0.2, -0.15) is 0 Å². The minimum absolute atomic E-state index is 0.547. The molecule has 0 aromatic heterocycles. The average Bonchev–Trinajstić information content (AvgIpc) is 2.57. The Morgan fingerprint density at radius 3 is 2.00 bits per heavy atom. The Hall–Kier alpha value is -2.60. The SMILES string of the molecule is [N-]=[N+]=NCC(=O)N[C@@H]1[C@H](O)[C@@H](NC(=O)CN=[N+]=[N-])C(O)O[C@H]1CO. The number of hydrogen-bond acceptors (Lipinski definition) is 8. The molecule has 0 aliphatic carbocycles. The lowest BCUT2D eigenvalue weighted by molar-refractivity contribution is -0.226. The van der Waals surface area contributed by atoms with Gasteiger partial charge in [0.05, 0.1) is 12.6 Å². The van der Waals surface area contributed by atoms with Crippen molar-refractivity contribution in [1.82, 2.24) is 10.6 Å². The van der Waals surface area contributed by atoms with Crippen molar-refractivity contribution in [3.63, 3.8) is 0 Å². The molecule has 132 valence electrons. The van der Waals surface area contributed by atoms with Gasteiger partial charge in [-0.25, -0.2) is 0 Å². The summed E-state index contributed by atoms with van der Waals surface area (Å²) >= 11 is 0. The van der Waals surface area contributed by atoms with E-state index in [4.69, 9.17) is 15.8 Å². The van der Waals surface area contributed by atoms with Gasteiger partial charge in [0.15, 0.2) is 6.29 Å². The van der Waals surface area contributed by atoms with Crippen molar-refractivity contribution in [3.05, 3.63) is 20.9 Å². The molecule has 0 aromatic carbocycles. The van der Waals surface area contributed by atoms with Crippen LogP contribution in [0.3, 0.4) is 0 Å². The maximum Gasteiger partial charge on any atom is 0.226 e. The minimum Gasteiger partial charge on any atom is -0.394 e. The van der Waals surface area contributed by atoms with E-state index in [1.807, 2.05) is 0 Å². The maximum atomic E-state index is 11.6. The molecule has 24 heavy (non-hydrogen) atoms. The Labute approximate surface area is 134 Å². The van der Waals surface area contributed by atoms with E-state index in [1.54, 1.807) is 0 Å². The van der Waals surface area contributed by atoms with Gasteiger partial charge in [-0.1, -0.05) is 10.2 Å². The van der Waals surface area contributed by atoms with Crippen LogP contribution in [0.25, 0.3) is 20.9 Å². The van der Waals surface area contributed by atoms with Gasteiger partial charge in [0, 0.05) is 9.82 Å². The fraction of sp³-hybridized carbons (Fsp3) is 0.800. The number of azide groups is 2. The van der Waals surface area contributed by atoms with Gasteiger partial charge in [0.1, 0.15) is 31.3 Å². The molecular weight excluding hydrogens is 328 g/mol. The topological polar surface area (TPSA) is 226 Å². The first-order chi connectivity index (χ1) is 11.4. The molecule has 2 amide bonds. The third-order valence-electron chi connectivity index (χ3n) is 3.15. The Morgan fingerprint density at radius 1 is 1.04 bits per heavy atom. The maximum absolute atomic E-state index is 11.6. The summed E-state index contributed by atoms with van der Waals surface area (Å²) in [4.78, 5) is 27.9. The highest BCUT2D eigenvalue weighted by Gasteiger charge is 2.45. The van der Waals surface area contributed by atoms with Crippen LogP contribution in [-0.2, 0) is 14.3 Å². The van der Waals surface area contributed by atoms with Gasteiger partial charge < -0.3 is 30.7 Å². The second kappa shape index (κ2) is 9.52. The molecule has 0 aromatic rings. The Balaban J connectivity index is 2.83. The number of ether oxygens (including phenoxy) is 1. The molecule has 1 unspecified atom stereocenters. The predicted octanol–water partition coefficient (Wildman–Crippen LogP) is -2.35. The molecule has 1 saturated heterocycles. The lowest BCUT2D eigenvalue weighted by Crippen LogP contribution is -2.68. The molecule has 0 bridgehead atoms. The molecule has 5 N–H and O–H groups in total. The van der Waals surface area contributed by atoms with Gasteiger partial charge in [-0.3, -0.25) is 9.59 Å². The first kappa shape index (κ1) is 19.4. The summed E-state index contributed by atoms with van der Waals surface area (Å²) < 4.78 is 5.05. The third kappa shape index (κ3) is 5.24. The zero-order chi connectivity index (χ0) is 18.1. The molecule has 14 heteroatoms. The Morgan fingerprint density at radius 2 is 1.54 bits per heavy atom. The van der Waals surface area contributed by atoms with Crippen molar-refractivity contribution in [2.45, 2.75) is 30.6 Å². The van der Waals surface area contributed by atoms with Crippen LogP contribution in [0.4, 0.5) is 0 Å². The van der Waals surface area contributed by atoms with E-state index in [0.29, 0.717) is 0 Å². The highest BCUT2D eigenvalue weighted by atomic mass is 16.6. The molecule has 5 atom stereocenters. The van der Waals surface area contributed by atoms with Gasteiger partial charge in [-0.05, 0) is 11.1 Å². The van der Waals surface area contributed by atoms with Gasteiger partial charge in [-0.15, -0.1) is 0 Å². The third-order valence-corrected chi connectivity index (χ3v) is 3.15. The predicted molar refractivity (Wildman–Crippen MR) is 75.9 cm³/mol. The number of carbonyl (C=O) groups is 2. The molecule has 0 saturated carbocycles. The van der Waals surface area contributed by atoms with E-state index in [2.05, 4.69) is 30.7 Å². The first-order valence-corrected chi connectivity index (χ1v) is 6.67. The number of nitrogens with one attached hydrogen (secondary N) is 2. The van der Waals surface area contributed by atoms with Crippen LogP contribution in [0.2, 0.25) is 0 Å². The number of rotatable bonds is 7. The zero-order valence-corrected chi connectivity index (χ0v) is 12.3. The van der Waals surface area contributed by atoms with Gasteiger partial charge in [0.25, 0.3) is 0 Å². The van der Waals surface area contributed by atoms with Crippen LogP contribution in [0.1, 0.15) is 0 Å². The van der Waals surface area contributed by atoms with Crippen LogP contribution in [0.5, 0.6) is 0 Å². The molecule has 1 fully saturated rings. The fourth-order valence-electron chi connectivity index (χ4n) is 2.11. The Bertz CT molecular complexity index is 560. The first-order valence-electron chi connectivity index (χ1n) is 6.67. The summed E-state index contributed by atoms with van der Waals surface area (Å²) in [6, 6.07) is -2.54. The number of aliphatic hydroxyl groups excluding tert-OH is 3. The van der Waals surface area contributed by atoms with E-state index in [1.165, 1.54) is 0 Å². The highest BCUT2D eigenvalue weighted by molar-refractivity contribution is 5.79. The number of aliphatic hydroxyl groups is 3. The van der Waals surface area contributed by atoms with Crippen LogP contribution >= 0.6 is 0 Å². The normalized spacial score (nSPS) is 28.9. The second-order valence-electron chi connectivity index (χ2n) is 4.70. The van der Waals surface area contributed by atoms with E-state index in [0.717, 1.165) is 0 Å². The van der Waals surface area contributed by atoms with Crippen molar-refractivity contribution < 1.29 is 29.6 Å². The number of nitrogens with zero attached hydrogens (tertiary/aromatic N) is 6. The smallest absolute Gasteiger partial charge is 0.226 e. The number of hydrogen-bond donors (Lipinski definition) is 5. The number of amides is 2. The van der Waals surface area contributed by atoms with E-state index < -0.39 is 62.1 Å². The second-order valence-corrected chi connectivity index (χ2v) is 4.70. The molecular formula is C10H16N8O6. The molecule has 1 rings (SSSR count). The molecule has 0 spiro atoms. The summed E-state index contributed by atoms with van der Waals surface area (Å²) in [7, 11) is 0. The van der Waals surface area contributed by atoms with Crippen molar-refractivity contribution >= 4 is 11.8 Å². The van der Waals surface area contributed by atoms with E-state index >= 15 is 0 Å². The van der Waals surface area contributed by atoms with Crippen LogP contribution in [-0.4, -0.2) is 77.4 Å². The molecule has 14 nitrogen and oxygen atoms in total. The lowest BCUT2D eigenvalue weighted by Gasteiger charge is -2.42. The Kier molecular flexibility index (Phi) is 7.71. The zero-order valence-electron chi connectivity index (χ0n) is 12.3. The van der Waals surface area contributed by atoms with Crippen molar-refractivity contribution in [3.8, 4) is 0 Å². The monoisotopic (exact) mass is 344 g/mol. The minimum atomic E-state index is -1.67. The average molecular weight is 344 g/mol. The fourth-order valence-corrected chi connectivity index (χ4v) is 2.11. The van der Waals surface area contributed by atoms with Crippen molar-refractivity contribution in [2.24, 2.45) is 10.2 Å². The van der Waals surface area contributed by atoms with Crippen LogP contribution in [0, 0.1) is 0 Å². The van der Waals surface area contributed by atoms with Crippen molar-refractivity contribution in [2.75, 3.05) is 19.7 Å². The van der Waals surface area contributed by atoms with Crippen LogP contribution in [0.15, 0.2) is 10.2 Å². The van der Waals surface area contributed by atoms with E-state index in [9.17, 15) is 24.9 Å². The van der Waals surface area contributed by atoms with Crippen molar-refractivity contribution in [1.29, 1.82) is 0 Å². The molecule has 1 aliphatic heterocycles. The van der Waals surface area contributed by atoms with Gasteiger partial charge in [0.2, 0.25) is 11.8 Å². The summed E-state index contributed by atoms with van der Waals surface area (Å²) in [6.07, 6.45) is -4.36. The molecule has 0 radical (unpaired) electrons. The van der Waals surface area contributed by atoms with E-state index in [-0.39, 0.29) is 0 Å².